The summed E-state index contributed by atoms with van der Waals surface area (Å²) in [6.07, 6.45) is 2.49. The highest BCUT2D eigenvalue weighted by atomic mass is 16.5. The van der Waals surface area contributed by atoms with E-state index in [1.54, 1.807) is 0 Å². The topological polar surface area (TPSA) is 21.3 Å². The SMILES string of the molecule is CCC(C)NCc1ccc(OC(C)CC)cc1. The van der Waals surface area contributed by atoms with Gasteiger partial charge in [-0.1, -0.05) is 26.0 Å². The Morgan fingerprint density at radius 2 is 1.71 bits per heavy atom. The molecule has 0 aliphatic carbocycles. The molecule has 0 saturated heterocycles. The Labute approximate surface area is 105 Å². The minimum absolute atomic E-state index is 0.291. The van der Waals surface area contributed by atoms with Crippen LogP contribution in [0.5, 0.6) is 5.75 Å². The molecule has 0 amide bonds. The molecule has 1 rings (SSSR count). The summed E-state index contributed by atoms with van der Waals surface area (Å²) >= 11 is 0. The highest BCUT2D eigenvalue weighted by Crippen LogP contribution is 2.14. The zero-order valence-electron chi connectivity index (χ0n) is 11.5. The summed E-state index contributed by atoms with van der Waals surface area (Å²) in [4.78, 5) is 0. The van der Waals surface area contributed by atoms with E-state index in [-0.39, 0.29) is 0 Å². The first kappa shape index (κ1) is 14.0. The van der Waals surface area contributed by atoms with Gasteiger partial charge in [0, 0.05) is 12.6 Å². The number of hydrogen-bond acceptors (Lipinski definition) is 2. The predicted octanol–water partition coefficient (Wildman–Crippen LogP) is 3.75. The van der Waals surface area contributed by atoms with Crippen molar-refractivity contribution in [2.75, 3.05) is 0 Å². The first-order valence-corrected chi connectivity index (χ1v) is 6.64. The Hall–Kier alpha value is -1.02. The molecule has 2 atom stereocenters. The second-order valence-electron chi connectivity index (χ2n) is 4.67. The van der Waals surface area contributed by atoms with Crippen LogP contribution in [0.4, 0.5) is 0 Å². The molecule has 1 aromatic carbocycles. The van der Waals surface area contributed by atoms with Crippen LogP contribution in [0, 0.1) is 0 Å². The molecule has 0 aromatic heterocycles. The van der Waals surface area contributed by atoms with E-state index in [9.17, 15) is 0 Å². The van der Waals surface area contributed by atoms with Crippen molar-refractivity contribution in [3.05, 3.63) is 29.8 Å². The fourth-order valence-electron chi connectivity index (χ4n) is 1.44. The van der Waals surface area contributed by atoms with E-state index in [1.807, 2.05) is 0 Å². The van der Waals surface area contributed by atoms with Gasteiger partial charge in [-0.15, -0.1) is 0 Å². The molecule has 1 N–H and O–H groups in total. The number of benzene rings is 1. The van der Waals surface area contributed by atoms with Gasteiger partial charge in [0.05, 0.1) is 6.10 Å². The van der Waals surface area contributed by atoms with Crippen molar-refractivity contribution < 1.29 is 4.74 Å². The van der Waals surface area contributed by atoms with Gasteiger partial charge in [-0.2, -0.15) is 0 Å². The standard InChI is InChI=1S/C15H25NO/c1-5-12(3)16-11-14-7-9-15(10-8-14)17-13(4)6-2/h7-10,12-13,16H,5-6,11H2,1-4H3. The summed E-state index contributed by atoms with van der Waals surface area (Å²) in [5.74, 6) is 0.964. The molecule has 0 heterocycles. The number of nitrogens with one attached hydrogen (secondary N) is 1. The molecular weight excluding hydrogens is 210 g/mol. The summed E-state index contributed by atoms with van der Waals surface area (Å²) in [5, 5.41) is 3.48. The molecule has 0 fully saturated rings. The van der Waals surface area contributed by atoms with Crippen molar-refractivity contribution in [3.8, 4) is 5.75 Å². The zero-order chi connectivity index (χ0) is 12.7. The Morgan fingerprint density at radius 3 is 2.24 bits per heavy atom. The van der Waals surface area contributed by atoms with Gasteiger partial charge in [-0.25, -0.2) is 0 Å². The van der Waals surface area contributed by atoms with E-state index >= 15 is 0 Å². The van der Waals surface area contributed by atoms with E-state index in [1.165, 1.54) is 5.56 Å². The van der Waals surface area contributed by atoms with Gasteiger partial charge in [0.15, 0.2) is 0 Å². The molecule has 2 nitrogen and oxygen atoms in total. The van der Waals surface area contributed by atoms with Crippen LogP contribution < -0.4 is 10.1 Å². The smallest absolute Gasteiger partial charge is 0.119 e. The second kappa shape index (κ2) is 7.33. The number of hydrogen-bond donors (Lipinski definition) is 1. The van der Waals surface area contributed by atoms with Gasteiger partial charge in [0.25, 0.3) is 0 Å². The van der Waals surface area contributed by atoms with Crippen molar-refractivity contribution in [2.24, 2.45) is 0 Å². The molecule has 96 valence electrons. The van der Waals surface area contributed by atoms with Crippen LogP contribution in [-0.4, -0.2) is 12.1 Å². The third kappa shape index (κ3) is 5.22. The lowest BCUT2D eigenvalue weighted by Crippen LogP contribution is -2.24. The van der Waals surface area contributed by atoms with E-state index in [0.29, 0.717) is 12.1 Å². The fourth-order valence-corrected chi connectivity index (χ4v) is 1.44. The minimum Gasteiger partial charge on any atom is -0.491 e. The van der Waals surface area contributed by atoms with Crippen molar-refractivity contribution in [3.63, 3.8) is 0 Å². The van der Waals surface area contributed by atoms with Gasteiger partial charge in [0.1, 0.15) is 5.75 Å². The molecule has 0 aliphatic heterocycles. The van der Waals surface area contributed by atoms with E-state index in [0.717, 1.165) is 25.1 Å². The largest absolute Gasteiger partial charge is 0.491 e. The predicted molar refractivity (Wildman–Crippen MR) is 73.4 cm³/mol. The molecule has 0 bridgehead atoms. The van der Waals surface area contributed by atoms with E-state index < -0.39 is 0 Å². The monoisotopic (exact) mass is 235 g/mol. The van der Waals surface area contributed by atoms with Gasteiger partial charge < -0.3 is 10.1 Å². The first-order chi connectivity index (χ1) is 8.15. The van der Waals surface area contributed by atoms with E-state index in [2.05, 4.69) is 57.3 Å². The highest BCUT2D eigenvalue weighted by molar-refractivity contribution is 5.27. The molecule has 2 heteroatoms. The number of ether oxygens (including phenoxy) is 1. The van der Waals surface area contributed by atoms with Crippen molar-refractivity contribution in [1.29, 1.82) is 0 Å². The average molecular weight is 235 g/mol. The number of rotatable bonds is 7. The van der Waals surface area contributed by atoms with Crippen LogP contribution in [-0.2, 0) is 6.54 Å². The molecule has 0 saturated carbocycles. The highest BCUT2D eigenvalue weighted by Gasteiger charge is 2.02. The zero-order valence-corrected chi connectivity index (χ0v) is 11.5. The van der Waals surface area contributed by atoms with E-state index in [4.69, 9.17) is 4.74 Å². The third-order valence-corrected chi connectivity index (χ3v) is 3.10. The summed E-state index contributed by atoms with van der Waals surface area (Å²) in [5.41, 5.74) is 1.31. The minimum atomic E-state index is 0.291. The van der Waals surface area contributed by atoms with Crippen LogP contribution in [0.3, 0.4) is 0 Å². The van der Waals surface area contributed by atoms with Gasteiger partial charge in [-0.3, -0.25) is 0 Å². The van der Waals surface area contributed by atoms with Gasteiger partial charge in [0.2, 0.25) is 0 Å². The van der Waals surface area contributed by atoms with Crippen LogP contribution in [0.1, 0.15) is 46.1 Å². The molecule has 0 radical (unpaired) electrons. The van der Waals surface area contributed by atoms with Crippen LogP contribution in [0.25, 0.3) is 0 Å². The Balaban J connectivity index is 2.44. The first-order valence-electron chi connectivity index (χ1n) is 6.64. The maximum absolute atomic E-state index is 5.74. The Morgan fingerprint density at radius 1 is 1.06 bits per heavy atom. The normalized spacial score (nSPS) is 14.4. The third-order valence-electron chi connectivity index (χ3n) is 3.10. The van der Waals surface area contributed by atoms with Crippen LogP contribution in [0.15, 0.2) is 24.3 Å². The summed E-state index contributed by atoms with van der Waals surface area (Å²) in [6, 6.07) is 8.95. The quantitative estimate of drug-likeness (QED) is 0.777. The van der Waals surface area contributed by atoms with Crippen molar-refractivity contribution in [1.82, 2.24) is 5.32 Å². The molecular formula is C15H25NO. The fraction of sp³-hybridized carbons (Fsp3) is 0.600. The summed E-state index contributed by atoms with van der Waals surface area (Å²) in [6.45, 7) is 9.56. The molecule has 0 spiro atoms. The lowest BCUT2D eigenvalue weighted by Gasteiger charge is -2.14. The van der Waals surface area contributed by atoms with Crippen molar-refractivity contribution in [2.45, 2.75) is 59.2 Å². The molecule has 1 aromatic rings. The summed E-state index contributed by atoms with van der Waals surface area (Å²) in [7, 11) is 0. The van der Waals surface area contributed by atoms with Crippen molar-refractivity contribution >= 4 is 0 Å². The Bertz CT molecular complexity index is 307. The van der Waals surface area contributed by atoms with Crippen LogP contribution in [0.2, 0.25) is 0 Å². The lowest BCUT2D eigenvalue weighted by molar-refractivity contribution is 0.217. The average Bonchev–Trinajstić information content (AvgIpc) is 2.37. The molecule has 2 unspecified atom stereocenters. The lowest BCUT2D eigenvalue weighted by atomic mass is 10.2. The van der Waals surface area contributed by atoms with Gasteiger partial charge >= 0.3 is 0 Å². The Kier molecular flexibility index (Phi) is 6.06. The maximum atomic E-state index is 5.74. The maximum Gasteiger partial charge on any atom is 0.119 e. The van der Waals surface area contributed by atoms with Crippen LogP contribution >= 0.6 is 0 Å². The molecule has 0 aliphatic rings. The van der Waals surface area contributed by atoms with Gasteiger partial charge in [-0.05, 0) is 44.4 Å². The summed E-state index contributed by atoms with van der Waals surface area (Å²) < 4.78 is 5.74. The molecule has 17 heavy (non-hydrogen) atoms. The second-order valence-corrected chi connectivity index (χ2v) is 4.67.